The largest absolute Gasteiger partial charge is 0.368 e. The van der Waals surface area contributed by atoms with Gasteiger partial charge in [0.2, 0.25) is 11.8 Å². The van der Waals surface area contributed by atoms with Gasteiger partial charge < -0.3 is 10.6 Å². The van der Waals surface area contributed by atoms with Gasteiger partial charge in [-0.05, 0) is 24.8 Å². The molecule has 1 fully saturated rings. The highest BCUT2D eigenvalue weighted by Gasteiger charge is 2.34. The molecule has 5 heteroatoms. The number of amides is 2. The monoisotopic (exact) mass is 284 g/mol. The van der Waals surface area contributed by atoms with Crippen molar-refractivity contribution < 1.29 is 9.59 Å². The molecule has 0 spiro atoms. The second kappa shape index (κ2) is 6.89. The van der Waals surface area contributed by atoms with Crippen LogP contribution in [0.5, 0.6) is 0 Å². The predicted octanol–water partition coefficient (Wildman–Crippen LogP) is 1.05. The number of carbonyl (C=O) groups is 2. The molecule has 0 saturated carbocycles. The average molecular weight is 284 g/mol. The quantitative estimate of drug-likeness (QED) is 0.896. The van der Waals surface area contributed by atoms with Gasteiger partial charge in [-0.25, -0.2) is 0 Å². The van der Waals surface area contributed by atoms with Crippen LogP contribution in [0.4, 0.5) is 0 Å². The highest BCUT2D eigenvalue weighted by Crippen LogP contribution is 2.23. The topological polar surface area (TPSA) is 87.2 Å². The first-order chi connectivity index (χ1) is 10.1. The summed E-state index contributed by atoms with van der Waals surface area (Å²) in [4.78, 5) is 25.3. The summed E-state index contributed by atoms with van der Waals surface area (Å²) in [5.41, 5.74) is 6.40. The van der Waals surface area contributed by atoms with Crippen LogP contribution in [-0.2, 0) is 16.0 Å². The van der Waals surface area contributed by atoms with Crippen molar-refractivity contribution in [3.8, 4) is 6.07 Å². The number of nitrogens with two attached hydrogens (primary N) is 1. The number of benzene rings is 1. The van der Waals surface area contributed by atoms with E-state index in [1.165, 1.54) is 4.90 Å². The minimum absolute atomic E-state index is 0.195. The zero-order valence-corrected chi connectivity index (χ0v) is 11.7. The van der Waals surface area contributed by atoms with E-state index in [1.807, 2.05) is 30.3 Å². The van der Waals surface area contributed by atoms with Crippen LogP contribution in [0.1, 0.15) is 18.4 Å². The maximum atomic E-state index is 12.3. The fraction of sp³-hybridized carbons (Fsp3) is 0.375. The molecule has 0 aliphatic carbocycles. The van der Waals surface area contributed by atoms with Gasteiger partial charge in [0.25, 0.3) is 0 Å². The summed E-state index contributed by atoms with van der Waals surface area (Å²) in [6.45, 7) is 0.399. The Morgan fingerprint density at radius 3 is 2.71 bits per heavy atom. The van der Waals surface area contributed by atoms with Gasteiger partial charge in [-0.15, -0.1) is 0 Å². The SMILES string of the molecule is N#CC1CCN(C(=O)[CH]Cc2ccccc2)[C@@H](C(N)=O)C1. The number of hydrogen-bond donors (Lipinski definition) is 1. The van der Waals surface area contributed by atoms with Crippen LogP contribution >= 0.6 is 0 Å². The Morgan fingerprint density at radius 2 is 2.10 bits per heavy atom. The Bertz CT molecular complexity index is 550. The van der Waals surface area contributed by atoms with Gasteiger partial charge in [-0.1, -0.05) is 30.3 Å². The molecule has 2 rings (SSSR count). The van der Waals surface area contributed by atoms with E-state index in [4.69, 9.17) is 11.0 Å². The highest BCUT2D eigenvalue weighted by atomic mass is 16.2. The molecule has 2 amide bonds. The summed E-state index contributed by atoms with van der Waals surface area (Å²) in [5.74, 6) is -0.948. The zero-order chi connectivity index (χ0) is 15.2. The van der Waals surface area contributed by atoms with Crippen LogP contribution in [0.25, 0.3) is 0 Å². The van der Waals surface area contributed by atoms with Crippen molar-refractivity contribution >= 4 is 11.8 Å². The van der Waals surface area contributed by atoms with Gasteiger partial charge >= 0.3 is 0 Å². The predicted molar refractivity (Wildman–Crippen MR) is 77.5 cm³/mol. The van der Waals surface area contributed by atoms with Crippen LogP contribution in [0.2, 0.25) is 0 Å². The summed E-state index contributed by atoms with van der Waals surface area (Å²) < 4.78 is 0. The summed E-state index contributed by atoms with van der Waals surface area (Å²) >= 11 is 0. The molecule has 5 nitrogen and oxygen atoms in total. The molecule has 1 saturated heterocycles. The lowest BCUT2D eigenvalue weighted by Gasteiger charge is -2.35. The van der Waals surface area contributed by atoms with Gasteiger partial charge in [0.15, 0.2) is 0 Å². The summed E-state index contributed by atoms with van der Waals surface area (Å²) in [6, 6.07) is 11.1. The van der Waals surface area contributed by atoms with Crippen LogP contribution in [0, 0.1) is 23.7 Å². The molecule has 0 aromatic heterocycles. The number of likely N-dealkylation sites (tertiary alicyclic amines) is 1. The summed E-state index contributed by atoms with van der Waals surface area (Å²) in [6.07, 6.45) is 3.00. The third-order valence-corrected chi connectivity index (χ3v) is 3.75. The molecule has 1 aromatic carbocycles. The van der Waals surface area contributed by atoms with Crippen molar-refractivity contribution in [3.63, 3.8) is 0 Å². The number of piperidine rings is 1. The molecule has 1 radical (unpaired) electrons. The second-order valence-electron chi connectivity index (χ2n) is 5.19. The summed E-state index contributed by atoms with van der Waals surface area (Å²) in [5, 5.41) is 8.95. The Kier molecular flexibility index (Phi) is 4.94. The fourth-order valence-corrected chi connectivity index (χ4v) is 2.55. The Morgan fingerprint density at radius 1 is 1.38 bits per heavy atom. The van der Waals surface area contributed by atoms with Gasteiger partial charge in [-0.2, -0.15) is 5.26 Å². The van der Waals surface area contributed by atoms with E-state index in [9.17, 15) is 9.59 Å². The van der Waals surface area contributed by atoms with Crippen LogP contribution in [0.3, 0.4) is 0 Å². The molecule has 21 heavy (non-hydrogen) atoms. The van der Waals surface area contributed by atoms with E-state index in [-0.39, 0.29) is 11.8 Å². The molecule has 1 unspecified atom stereocenters. The zero-order valence-electron chi connectivity index (χ0n) is 11.7. The number of rotatable bonds is 4. The molecule has 0 bridgehead atoms. The standard InChI is InChI=1S/C16H18N3O2/c17-11-13-8-9-19(14(10-13)16(18)21)15(20)7-6-12-4-2-1-3-5-12/h1-5,7,13-14H,6,8-10H2,(H2,18,21)/t13?,14-/m1/s1. The maximum Gasteiger partial charge on any atom is 0.240 e. The van der Waals surface area contributed by atoms with Crippen molar-refractivity contribution in [2.24, 2.45) is 11.7 Å². The normalized spacial score (nSPS) is 21.6. The first-order valence-corrected chi connectivity index (χ1v) is 6.98. The number of primary amides is 1. The van der Waals surface area contributed by atoms with Crippen molar-refractivity contribution in [2.45, 2.75) is 25.3 Å². The lowest BCUT2D eigenvalue weighted by molar-refractivity contribution is -0.139. The van der Waals surface area contributed by atoms with Gasteiger partial charge in [0.05, 0.1) is 18.4 Å². The molecule has 109 valence electrons. The highest BCUT2D eigenvalue weighted by molar-refractivity contribution is 5.91. The number of nitriles is 1. The molecule has 1 aliphatic heterocycles. The first-order valence-electron chi connectivity index (χ1n) is 6.98. The Balaban J connectivity index is 1.97. The van der Waals surface area contributed by atoms with E-state index in [0.29, 0.717) is 25.8 Å². The van der Waals surface area contributed by atoms with E-state index in [1.54, 1.807) is 6.42 Å². The van der Waals surface area contributed by atoms with Crippen molar-refractivity contribution in [1.29, 1.82) is 5.26 Å². The van der Waals surface area contributed by atoms with Gasteiger partial charge in [-0.3, -0.25) is 9.59 Å². The van der Waals surface area contributed by atoms with Gasteiger partial charge in [0, 0.05) is 6.54 Å². The molecule has 2 atom stereocenters. The van der Waals surface area contributed by atoms with E-state index in [0.717, 1.165) is 5.56 Å². The van der Waals surface area contributed by atoms with E-state index in [2.05, 4.69) is 6.07 Å². The number of carbonyl (C=O) groups excluding carboxylic acids is 2. The van der Waals surface area contributed by atoms with E-state index >= 15 is 0 Å². The molecular weight excluding hydrogens is 266 g/mol. The first kappa shape index (κ1) is 15.0. The Hall–Kier alpha value is -2.35. The molecule has 1 heterocycles. The average Bonchev–Trinajstić information content (AvgIpc) is 2.52. The number of nitrogens with zero attached hydrogens (tertiary/aromatic N) is 2. The third-order valence-electron chi connectivity index (χ3n) is 3.75. The number of hydrogen-bond acceptors (Lipinski definition) is 3. The molecule has 1 aliphatic rings. The smallest absolute Gasteiger partial charge is 0.240 e. The van der Waals surface area contributed by atoms with Crippen LogP contribution < -0.4 is 5.73 Å². The van der Waals surface area contributed by atoms with Crippen molar-refractivity contribution in [1.82, 2.24) is 4.90 Å². The van der Waals surface area contributed by atoms with Crippen molar-refractivity contribution in [3.05, 3.63) is 42.3 Å². The van der Waals surface area contributed by atoms with Crippen LogP contribution in [0.15, 0.2) is 30.3 Å². The molecule has 1 aromatic rings. The lowest BCUT2D eigenvalue weighted by Crippen LogP contribution is -2.52. The maximum absolute atomic E-state index is 12.3. The lowest BCUT2D eigenvalue weighted by atomic mass is 9.91. The third kappa shape index (κ3) is 3.82. The fourth-order valence-electron chi connectivity index (χ4n) is 2.55. The van der Waals surface area contributed by atoms with E-state index < -0.39 is 11.9 Å². The minimum Gasteiger partial charge on any atom is -0.368 e. The summed E-state index contributed by atoms with van der Waals surface area (Å²) in [7, 11) is 0. The molecule has 2 N–H and O–H groups in total. The second-order valence-corrected chi connectivity index (χ2v) is 5.19. The van der Waals surface area contributed by atoms with Crippen LogP contribution in [-0.4, -0.2) is 29.3 Å². The van der Waals surface area contributed by atoms with Crippen molar-refractivity contribution in [2.75, 3.05) is 6.54 Å². The molecular formula is C16H18N3O2. The minimum atomic E-state index is -0.678. The Labute approximate surface area is 124 Å². The van der Waals surface area contributed by atoms with Gasteiger partial charge in [0.1, 0.15) is 6.04 Å².